The van der Waals surface area contributed by atoms with E-state index in [1.54, 1.807) is 0 Å². The Bertz CT molecular complexity index is 220. The summed E-state index contributed by atoms with van der Waals surface area (Å²) in [5, 5.41) is 0. The van der Waals surface area contributed by atoms with Gasteiger partial charge in [0.25, 0.3) is 0 Å². The molecule has 0 saturated carbocycles. The predicted octanol–water partition coefficient (Wildman–Crippen LogP) is 1.09. The highest BCUT2D eigenvalue weighted by molar-refractivity contribution is 6.01. The third-order valence-corrected chi connectivity index (χ3v) is 1.77. The lowest BCUT2D eigenvalue weighted by molar-refractivity contribution is -0.149. The minimum atomic E-state index is -4.32. The second-order valence-corrected chi connectivity index (χ2v) is 2.80. The first-order valence-corrected chi connectivity index (χ1v) is 3.80. The van der Waals surface area contributed by atoms with Crippen LogP contribution in [0.4, 0.5) is 13.2 Å². The van der Waals surface area contributed by atoms with Gasteiger partial charge in [0, 0.05) is 19.4 Å². The van der Waals surface area contributed by atoms with Gasteiger partial charge in [0.05, 0.1) is 6.42 Å². The maximum Gasteiger partial charge on any atom is 0.390 e. The van der Waals surface area contributed by atoms with Gasteiger partial charge < -0.3 is 0 Å². The summed E-state index contributed by atoms with van der Waals surface area (Å²) in [5.41, 5.74) is 0. The van der Waals surface area contributed by atoms with Crippen molar-refractivity contribution in [3.63, 3.8) is 0 Å². The molecule has 2 amide bonds. The van der Waals surface area contributed by atoms with Gasteiger partial charge >= 0.3 is 6.18 Å². The van der Waals surface area contributed by atoms with Crippen molar-refractivity contribution in [1.29, 1.82) is 0 Å². The maximum atomic E-state index is 11.7. The van der Waals surface area contributed by atoms with Crippen molar-refractivity contribution in [2.45, 2.75) is 25.4 Å². The Morgan fingerprint density at radius 3 is 2.00 bits per heavy atom. The van der Waals surface area contributed by atoms with Crippen LogP contribution in [0.2, 0.25) is 0 Å². The second-order valence-electron chi connectivity index (χ2n) is 2.80. The largest absolute Gasteiger partial charge is 0.390 e. The third-order valence-electron chi connectivity index (χ3n) is 1.77. The minimum Gasteiger partial charge on any atom is -0.282 e. The smallest absolute Gasteiger partial charge is 0.282 e. The van der Waals surface area contributed by atoms with E-state index in [0.29, 0.717) is 4.90 Å². The summed E-state index contributed by atoms with van der Waals surface area (Å²) < 4.78 is 35.1. The minimum absolute atomic E-state index is 0.0384. The van der Waals surface area contributed by atoms with Gasteiger partial charge in [-0.3, -0.25) is 14.5 Å². The van der Waals surface area contributed by atoms with E-state index in [0.717, 1.165) is 0 Å². The Hall–Kier alpha value is -1.07. The molecule has 0 aromatic rings. The molecule has 13 heavy (non-hydrogen) atoms. The van der Waals surface area contributed by atoms with Crippen molar-refractivity contribution in [2.75, 3.05) is 6.54 Å². The SMILES string of the molecule is O=C1CCC(=O)N1CCC(F)(F)F. The molecule has 6 heteroatoms. The standard InChI is InChI=1S/C7H8F3NO2/c8-7(9,10)3-4-11-5(12)1-2-6(11)13/h1-4H2. The number of amides is 2. The number of carbonyl (C=O) groups excluding carboxylic acids is 2. The molecule has 0 bridgehead atoms. The lowest BCUT2D eigenvalue weighted by Gasteiger charge is -2.14. The average molecular weight is 195 g/mol. The predicted molar refractivity (Wildman–Crippen MR) is 36.6 cm³/mol. The number of nitrogens with zero attached hydrogens (tertiary/aromatic N) is 1. The average Bonchev–Trinajstić information content (AvgIpc) is 2.27. The van der Waals surface area contributed by atoms with Crippen LogP contribution in [0.5, 0.6) is 0 Å². The third kappa shape index (κ3) is 2.71. The van der Waals surface area contributed by atoms with Crippen LogP contribution in [0.1, 0.15) is 19.3 Å². The Kier molecular flexibility index (Phi) is 2.58. The van der Waals surface area contributed by atoms with Gasteiger partial charge in [-0.25, -0.2) is 0 Å². The highest BCUT2D eigenvalue weighted by atomic mass is 19.4. The Labute approximate surface area is 72.5 Å². The van der Waals surface area contributed by atoms with Crippen LogP contribution in [0, 0.1) is 0 Å². The number of imide groups is 1. The molecule has 1 saturated heterocycles. The van der Waals surface area contributed by atoms with Crippen LogP contribution < -0.4 is 0 Å². The summed E-state index contributed by atoms with van der Waals surface area (Å²) in [7, 11) is 0. The molecule has 0 N–H and O–H groups in total. The zero-order chi connectivity index (χ0) is 10.1. The van der Waals surface area contributed by atoms with Gasteiger partial charge in [0.1, 0.15) is 0 Å². The van der Waals surface area contributed by atoms with Crippen molar-refractivity contribution in [3.8, 4) is 0 Å². The molecule has 1 rings (SSSR count). The quantitative estimate of drug-likeness (QED) is 0.618. The summed E-state index contributed by atoms with van der Waals surface area (Å²) in [5.74, 6) is -1.01. The maximum absolute atomic E-state index is 11.7. The molecule has 0 atom stereocenters. The molecule has 1 aliphatic rings. The number of carbonyl (C=O) groups is 2. The normalized spacial score (nSPS) is 18.5. The van der Waals surface area contributed by atoms with Gasteiger partial charge in [-0.15, -0.1) is 0 Å². The molecule has 0 aromatic carbocycles. The van der Waals surface area contributed by atoms with Crippen molar-refractivity contribution in [1.82, 2.24) is 4.90 Å². The number of alkyl halides is 3. The first-order chi connectivity index (χ1) is 5.90. The van der Waals surface area contributed by atoms with Crippen molar-refractivity contribution < 1.29 is 22.8 Å². The van der Waals surface area contributed by atoms with E-state index < -0.39 is 31.0 Å². The zero-order valence-electron chi connectivity index (χ0n) is 6.73. The fraction of sp³-hybridized carbons (Fsp3) is 0.714. The Morgan fingerprint density at radius 1 is 1.15 bits per heavy atom. The number of likely N-dealkylation sites (tertiary alicyclic amines) is 1. The van der Waals surface area contributed by atoms with Crippen LogP contribution in [0.25, 0.3) is 0 Å². The Morgan fingerprint density at radius 2 is 1.62 bits per heavy atom. The summed E-state index contributed by atoms with van der Waals surface area (Å²) in [6, 6.07) is 0. The molecular formula is C7H8F3NO2. The Balaban J connectivity index is 2.45. The van der Waals surface area contributed by atoms with E-state index in [2.05, 4.69) is 0 Å². The summed E-state index contributed by atoms with van der Waals surface area (Å²) in [4.78, 5) is 22.4. The molecule has 74 valence electrons. The number of hydrogen-bond donors (Lipinski definition) is 0. The monoisotopic (exact) mass is 195 g/mol. The molecule has 0 aliphatic carbocycles. The fourth-order valence-electron chi connectivity index (χ4n) is 1.11. The molecule has 0 aromatic heterocycles. The summed E-state index contributed by atoms with van der Waals surface area (Å²) in [6.07, 6.45) is -5.36. The molecule has 3 nitrogen and oxygen atoms in total. The van der Waals surface area contributed by atoms with Gasteiger partial charge in [-0.1, -0.05) is 0 Å². The number of hydrogen-bond acceptors (Lipinski definition) is 2. The van der Waals surface area contributed by atoms with Crippen LogP contribution >= 0.6 is 0 Å². The molecule has 1 aliphatic heterocycles. The lowest BCUT2D eigenvalue weighted by atomic mass is 10.4. The molecular weight excluding hydrogens is 187 g/mol. The van der Waals surface area contributed by atoms with Gasteiger partial charge in [-0.2, -0.15) is 13.2 Å². The fourth-order valence-corrected chi connectivity index (χ4v) is 1.11. The van der Waals surface area contributed by atoms with Crippen LogP contribution in [0.3, 0.4) is 0 Å². The van der Waals surface area contributed by atoms with Gasteiger partial charge in [-0.05, 0) is 0 Å². The van der Waals surface area contributed by atoms with E-state index in [-0.39, 0.29) is 12.8 Å². The van der Waals surface area contributed by atoms with E-state index >= 15 is 0 Å². The molecule has 0 radical (unpaired) electrons. The van der Waals surface area contributed by atoms with Crippen molar-refractivity contribution >= 4 is 11.8 Å². The second kappa shape index (κ2) is 3.35. The topological polar surface area (TPSA) is 37.4 Å². The van der Waals surface area contributed by atoms with Gasteiger partial charge in [0.2, 0.25) is 11.8 Å². The lowest BCUT2D eigenvalue weighted by Crippen LogP contribution is -2.32. The summed E-state index contributed by atoms with van der Waals surface area (Å²) >= 11 is 0. The van der Waals surface area contributed by atoms with E-state index in [4.69, 9.17) is 0 Å². The molecule has 0 unspecified atom stereocenters. The van der Waals surface area contributed by atoms with Crippen LogP contribution in [0.15, 0.2) is 0 Å². The van der Waals surface area contributed by atoms with E-state index in [9.17, 15) is 22.8 Å². The van der Waals surface area contributed by atoms with Gasteiger partial charge in [0.15, 0.2) is 0 Å². The van der Waals surface area contributed by atoms with Crippen molar-refractivity contribution in [3.05, 3.63) is 0 Å². The number of rotatable bonds is 2. The molecule has 1 heterocycles. The van der Waals surface area contributed by atoms with E-state index in [1.807, 2.05) is 0 Å². The first-order valence-electron chi connectivity index (χ1n) is 3.80. The van der Waals surface area contributed by atoms with Crippen LogP contribution in [-0.2, 0) is 9.59 Å². The molecule has 1 fully saturated rings. The first kappa shape index (κ1) is 10.0. The van der Waals surface area contributed by atoms with Crippen molar-refractivity contribution in [2.24, 2.45) is 0 Å². The highest BCUT2D eigenvalue weighted by Crippen LogP contribution is 2.21. The number of halogens is 3. The molecule has 0 spiro atoms. The highest BCUT2D eigenvalue weighted by Gasteiger charge is 2.34. The summed E-state index contributed by atoms with van der Waals surface area (Å²) in [6.45, 7) is -0.541. The van der Waals surface area contributed by atoms with E-state index in [1.165, 1.54) is 0 Å². The van der Waals surface area contributed by atoms with Crippen LogP contribution in [-0.4, -0.2) is 29.4 Å². The zero-order valence-corrected chi connectivity index (χ0v) is 6.73.